The molecule has 0 aromatic heterocycles. The van der Waals surface area contributed by atoms with Crippen LogP contribution in [0, 0.1) is 0 Å². The van der Waals surface area contributed by atoms with Gasteiger partial charge in [0.2, 0.25) is 0 Å². The fraction of sp³-hybridized carbons (Fsp3) is 0.933. The van der Waals surface area contributed by atoms with Crippen LogP contribution in [0.5, 0.6) is 0 Å². The Kier molecular flexibility index (Phi) is 20.2. The first-order valence-electron chi connectivity index (χ1n) is 7.38. The normalized spacial score (nSPS) is 9.89. The molecule has 104 valence electrons. The van der Waals surface area contributed by atoms with Gasteiger partial charge in [0, 0.05) is 6.42 Å². The van der Waals surface area contributed by atoms with Crippen molar-refractivity contribution >= 4 is 5.97 Å². The van der Waals surface area contributed by atoms with E-state index in [1.807, 2.05) is 0 Å². The summed E-state index contributed by atoms with van der Waals surface area (Å²) >= 11 is 0. The van der Waals surface area contributed by atoms with Gasteiger partial charge in [-0.3, -0.25) is 4.79 Å². The van der Waals surface area contributed by atoms with Crippen LogP contribution in [0.15, 0.2) is 0 Å². The van der Waals surface area contributed by atoms with Gasteiger partial charge in [-0.1, -0.05) is 71.1 Å². The van der Waals surface area contributed by atoms with Crippen molar-refractivity contribution in [2.45, 2.75) is 84.0 Å². The Morgan fingerprint density at radius 1 is 0.833 bits per heavy atom. The Labute approximate surface area is 137 Å². The molecule has 0 bridgehead atoms. The van der Waals surface area contributed by atoms with E-state index in [-0.39, 0.29) is 37.0 Å². The zero-order valence-corrected chi connectivity index (χ0v) is 14.8. The molecule has 0 aliphatic rings. The van der Waals surface area contributed by atoms with Crippen LogP contribution in [0.25, 0.3) is 0 Å². The number of hydrogen-bond acceptors (Lipinski definition) is 2. The van der Waals surface area contributed by atoms with Crippen LogP contribution in [-0.2, 0) is 9.53 Å². The summed E-state index contributed by atoms with van der Waals surface area (Å²) in [5, 5.41) is 0. The second-order valence-electron chi connectivity index (χ2n) is 4.86. The molecule has 2 nitrogen and oxygen atoms in total. The molecular formula is C15H31NaO2. The number of methoxy groups -OCH3 is 1. The molecule has 0 aromatic rings. The van der Waals surface area contributed by atoms with Crippen LogP contribution in [0.3, 0.4) is 0 Å². The molecule has 0 spiro atoms. The number of esters is 1. The maximum atomic E-state index is 10.8. The topological polar surface area (TPSA) is 26.3 Å². The first kappa shape index (κ1) is 20.8. The molecule has 0 unspecified atom stereocenters. The molecule has 0 radical (unpaired) electrons. The van der Waals surface area contributed by atoms with Crippen molar-refractivity contribution in [3.63, 3.8) is 0 Å². The third kappa shape index (κ3) is 16.5. The fourth-order valence-electron chi connectivity index (χ4n) is 2.04. The third-order valence-electron chi connectivity index (χ3n) is 3.21. The fourth-order valence-corrected chi connectivity index (χ4v) is 2.04. The second-order valence-corrected chi connectivity index (χ2v) is 4.86. The minimum absolute atomic E-state index is 0. The van der Waals surface area contributed by atoms with Crippen LogP contribution in [0.4, 0.5) is 0 Å². The van der Waals surface area contributed by atoms with E-state index in [2.05, 4.69) is 11.7 Å². The summed E-state index contributed by atoms with van der Waals surface area (Å²) in [4.78, 5) is 10.8. The van der Waals surface area contributed by atoms with Crippen LogP contribution < -0.4 is 29.6 Å². The Morgan fingerprint density at radius 3 is 1.61 bits per heavy atom. The van der Waals surface area contributed by atoms with Gasteiger partial charge in [-0.15, -0.1) is 0 Å². The zero-order chi connectivity index (χ0) is 12.8. The van der Waals surface area contributed by atoms with Crippen molar-refractivity contribution in [2.24, 2.45) is 0 Å². The van der Waals surface area contributed by atoms with Crippen LogP contribution >= 0.6 is 0 Å². The SMILES string of the molecule is CCCCCCCCCCCCCC(=O)OC.[H-].[Na+]. The summed E-state index contributed by atoms with van der Waals surface area (Å²) in [7, 11) is 1.46. The van der Waals surface area contributed by atoms with Crippen molar-refractivity contribution in [2.75, 3.05) is 7.11 Å². The van der Waals surface area contributed by atoms with Crippen LogP contribution in [0.2, 0.25) is 0 Å². The Morgan fingerprint density at radius 2 is 1.22 bits per heavy atom. The molecule has 0 aliphatic carbocycles. The van der Waals surface area contributed by atoms with Crippen LogP contribution in [0.1, 0.15) is 85.4 Å². The third-order valence-corrected chi connectivity index (χ3v) is 3.21. The average molecular weight is 266 g/mol. The molecule has 0 aliphatic heterocycles. The Balaban J connectivity index is -0.00000128. The maximum absolute atomic E-state index is 10.8. The Bertz CT molecular complexity index is 178. The first-order valence-corrected chi connectivity index (χ1v) is 7.38. The molecule has 3 heteroatoms. The van der Waals surface area contributed by atoms with Gasteiger partial charge in [-0.2, -0.15) is 0 Å². The van der Waals surface area contributed by atoms with Gasteiger partial charge >= 0.3 is 35.5 Å². The van der Waals surface area contributed by atoms with Gasteiger partial charge in [-0.05, 0) is 6.42 Å². The summed E-state index contributed by atoms with van der Waals surface area (Å²) in [5.41, 5.74) is 0. The molecule has 0 fully saturated rings. The van der Waals surface area contributed by atoms with Gasteiger partial charge in [0.05, 0.1) is 7.11 Å². The van der Waals surface area contributed by atoms with Gasteiger partial charge in [0.1, 0.15) is 0 Å². The van der Waals surface area contributed by atoms with Crippen molar-refractivity contribution in [1.29, 1.82) is 0 Å². The zero-order valence-electron chi connectivity index (χ0n) is 13.8. The molecule has 0 atom stereocenters. The average Bonchev–Trinajstić information content (AvgIpc) is 2.35. The van der Waals surface area contributed by atoms with E-state index in [1.165, 1.54) is 71.3 Å². The second kappa shape index (κ2) is 17.5. The van der Waals surface area contributed by atoms with E-state index >= 15 is 0 Å². The summed E-state index contributed by atoms with van der Waals surface area (Å²) < 4.78 is 4.60. The van der Waals surface area contributed by atoms with Gasteiger partial charge in [0.25, 0.3) is 0 Å². The smallest absolute Gasteiger partial charge is 1.00 e. The summed E-state index contributed by atoms with van der Waals surface area (Å²) in [6.07, 6.45) is 15.1. The van der Waals surface area contributed by atoms with Crippen molar-refractivity contribution in [3.8, 4) is 0 Å². The molecule has 0 rings (SSSR count). The first-order chi connectivity index (χ1) is 8.31. The minimum atomic E-state index is -0.0686. The number of unbranched alkanes of at least 4 members (excludes halogenated alkanes) is 10. The number of rotatable bonds is 12. The van der Waals surface area contributed by atoms with Crippen LogP contribution in [-0.4, -0.2) is 13.1 Å². The quantitative estimate of drug-likeness (QED) is 0.307. The molecule has 0 amide bonds. The predicted octanol–water partition coefficient (Wildman–Crippen LogP) is 1.98. The number of carbonyl (C=O) groups excluding carboxylic acids is 1. The number of carbonyl (C=O) groups is 1. The predicted molar refractivity (Wildman–Crippen MR) is 74.2 cm³/mol. The molecule has 0 saturated heterocycles. The van der Waals surface area contributed by atoms with E-state index in [4.69, 9.17) is 0 Å². The maximum Gasteiger partial charge on any atom is 1.00 e. The van der Waals surface area contributed by atoms with Gasteiger partial charge < -0.3 is 6.16 Å². The van der Waals surface area contributed by atoms with E-state index in [0.717, 1.165) is 6.42 Å². The summed E-state index contributed by atoms with van der Waals surface area (Å²) in [6, 6.07) is 0. The minimum Gasteiger partial charge on any atom is -1.00 e. The standard InChI is InChI=1S/C15H30O2.Na.H/c1-3-4-5-6-7-8-9-10-11-12-13-14-15(16)17-2;;/h3-14H2,1-2H3;;/q;+1;-1. The molecular weight excluding hydrogens is 235 g/mol. The summed E-state index contributed by atoms with van der Waals surface area (Å²) in [6.45, 7) is 2.26. The Hall–Kier alpha value is 0.470. The molecule has 0 N–H and O–H groups in total. The van der Waals surface area contributed by atoms with E-state index in [9.17, 15) is 4.79 Å². The van der Waals surface area contributed by atoms with Gasteiger partial charge in [0.15, 0.2) is 0 Å². The molecule has 18 heavy (non-hydrogen) atoms. The van der Waals surface area contributed by atoms with E-state index < -0.39 is 0 Å². The molecule has 0 aromatic carbocycles. The largest absolute Gasteiger partial charge is 1.00 e. The van der Waals surface area contributed by atoms with E-state index in [1.54, 1.807) is 0 Å². The molecule has 0 saturated carbocycles. The monoisotopic (exact) mass is 266 g/mol. The van der Waals surface area contributed by atoms with Gasteiger partial charge in [-0.25, -0.2) is 0 Å². The number of hydrogen-bond donors (Lipinski definition) is 0. The summed E-state index contributed by atoms with van der Waals surface area (Å²) in [5.74, 6) is -0.0686. The van der Waals surface area contributed by atoms with Crippen molar-refractivity contribution < 1.29 is 40.5 Å². The van der Waals surface area contributed by atoms with Crippen molar-refractivity contribution in [1.82, 2.24) is 0 Å². The van der Waals surface area contributed by atoms with Crippen molar-refractivity contribution in [3.05, 3.63) is 0 Å². The number of ether oxygens (including phenoxy) is 1. The van der Waals surface area contributed by atoms with E-state index in [0.29, 0.717) is 6.42 Å². The molecule has 0 heterocycles.